The molecule has 35 heavy (non-hydrogen) atoms. The minimum Gasteiger partial charge on any atom is -0.372 e. The lowest BCUT2D eigenvalue weighted by Gasteiger charge is -2.32. The summed E-state index contributed by atoms with van der Waals surface area (Å²) in [5.41, 5.74) is 5.00. The molecule has 5 rings (SSSR count). The van der Waals surface area contributed by atoms with Gasteiger partial charge in [0, 0.05) is 73.8 Å². The molecule has 0 N–H and O–H groups in total. The lowest BCUT2D eigenvalue weighted by molar-refractivity contribution is -0.137. The Labute approximate surface area is 204 Å². The molecule has 0 bridgehead atoms. The van der Waals surface area contributed by atoms with Crippen molar-refractivity contribution in [1.82, 2.24) is 34.4 Å². The van der Waals surface area contributed by atoms with Crippen molar-refractivity contribution in [3.8, 4) is 33.6 Å². The standard InChI is InChI=1S/C26H29N7O2/c1-3-35-18-25(34)32-9-7-24(8-10-32)33-17-23(15-30-33)21-12-27-26(28-13-21)20-6-4-5-19(11-20)22-14-29-31(2)16-22/h4-6,11-17,24H,3,7-10,18H2,1-2H3. The van der Waals surface area contributed by atoms with Crippen molar-refractivity contribution in [2.24, 2.45) is 7.05 Å². The summed E-state index contributed by atoms with van der Waals surface area (Å²) < 4.78 is 9.05. The molecule has 1 aliphatic heterocycles. The van der Waals surface area contributed by atoms with Gasteiger partial charge >= 0.3 is 0 Å². The van der Waals surface area contributed by atoms with E-state index in [4.69, 9.17) is 4.74 Å². The summed E-state index contributed by atoms with van der Waals surface area (Å²) in [6.45, 7) is 4.07. The molecule has 180 valence electrons. The molecule has 1 amide bonds. The van der Waals surface area contributed by atoms with E-state index in [0.29, 0.717) is 12.4 Å². The number of hydrogen-bond acceptors (Lipinski definition) is 6. The average Bonchev–Trinajstić information content (AvgIpc) is 3.57. The molecule has 0 spiro atoms. The van der Waals surface area contributed by atoms with Crippen LogP contribution in [0, 0.1) is 0 Å². The Kier molecular flexibility index (Phi) is 6.67. The number of carbonyl (C=O) groups excluding carboxylic acids is 1. The molecule has 9 nitrogen and oxygen atoms in total. The van der Waals surface area contributed by atoms with Crippen LogP contribution in [0.25, 0.3) is 33.6 Å². The zero-order valence-electron chi connectivity index (χ0n) is 20.0. The summed E-state index contributed by atoms with van der Waals surface area (Å²) in [6, 6.07) is 8.43. The number of nitrogens with zero attached hydrogens (tertiary/aromatic N) is 7. The number of carbonyl (C=O) groups is 1. The van der Waals surface area contributed by atoms with Gasteiger partial charge in [-0.25, -0.2) is 9.97 Å². The smallest absolute Gasteiger partial charge is 0.248 e. The van der Waals surface area contributed by atoms with Crippen LogP contribution in [0.15, 0.2) is 61.4 Å². The van der Waals surface area contributed by atoms with Gasteiger partial charge in [-0.2, -0.15) is 10.2 Å². The molecular formula is C26H29N7O2. The SMILES string of the molecule is CCOCC(=O)N1CCC(n2cc(-c3cnc(-c4cccc(-c5cnn(C)c5)c4)nc3)cn2)CC1. The van der Waals surface area contributed by atoms with Crippen LogP contribution in [0.2, 0.25) is 0 Å². The number of amides is 1. The van der Waals surface area contributed by atoms with E-state index < -0.39 is 0 Å². The van der Waals surface area contributed by atoms with Gasteiger partial charge in [0.05, 0.1) is 18.4 Å². The zero-order chi connectivity index (χ0) is 24.2. The summed E-state index contributed by atoms with van der Waals surface area (Å²) in [6.07, 6.45) is 13.2. The highest BCUT2D eigenvalue weighted by molar-refractivity contribution is 5.77. The minimum absolute atomic E-state index is 0.0645. The van der Waals surface area contributed by atoms with Crippen molar-refractivity contribution >= 4 is 5.91 Å². The van der Waals surface area contributed by atoms with Crippen LogP contribution in [0.3, 0.4) is 0 Å². The molecule has 0 atom stereocenters. The quantitative estimate of drug-likeness (QED) is 0.409. The van der Waals surface area contributed by atoms with Gasteiger partial charge in [-0.1, -0.05) is 18.2 Å². The van der Waals surface area contributed by atoms with Crippen molar-refractivity contribution in [2.75, 3.05) is 26.3 Å². The average molecular weight is 472 g/mol. The lowest BCUT2D eigenvalue weighted by Crippen LogP contribution is -2.41. The maximum atomic E-state index is 12.2. The Morgan fingerprint density at radius 1 is 0.943 bits per heavy atom. The van der Waals surface area contributed by atoms with Crippen LogP contribution in [-0.4, -0.2) is 66.6 Å². The molecule has 0 saturated carbocycles. The maximum absolute atomic E-state index is 12.2. The first-order valence-corrected chi connectivity index (χ1v) is 11.9. The second-order valence-electron chi connectivity index (χ2n) is 8.74. The molecule has 0 radical (unpaired) electrons. The summed E-state index contributed by atoms with van der Waals surface area (Å²) in [5.74, 6) is 0.741. The highest BCUT2D eigenvalue weighted by Crippen LogP contribution is 2.27. The largest absolute Gasteiger partial charge is 0.372 e. The second-order valence-corrected chi connectivity index (χ2v) is 8.74. The molecule has 1 aliphatic rings. The summed E-state index contributed by atoms with van der Waals surface area (Å²) in [7, 11) is 1.91. The lowest BCUT2D eigenvalue weighted by atomic mass is 10.1. The Morgan fingerprint density at radius 2 is 1.66 bits per heavy atom. The summed E-state index contributed by atoms with van der Waals surface area (Å²) in [4.78, 5) is 23.3. The van der Waals surface area contributed by atoms with Crippen molar-refractivity contribution in [3.05, 3.63) is 61.4 Å². The van der Waals surface area contributed by atoms with Crippen LogP contribution in [0.5, 0.6) is 0 Å². The van der Waals surface area contributed by atoms with Gasteiger partial charge in [0.1, 0.15) is 6.61 Å². The van der Waals surface area contributed by atoms with Gasteiger partial charge in [-0.15, -0.1) is 0 Å². The fraction of sp³-hybridized carbons (Fsp3) is 0.346. The van der Waals surface area contributed by atoms with Crippen LogP contribution in [0.1, 0.15) is 25.8 Å². The van der Waals surface area contributed by atoms with Gasteiger partial charge in [0.2, 0.25) is 5.91 Å². The van der Waals surface area contributed by atoms with Crippen molar-refractivity contribution in [3.63, 3.8) is 0 Å². The highest BCUT2D eigenvalue weighted by Gasteiger charge is 2.24. The first kappa shape index (κ1) is 22.9. The number of hydrogen-bond donors (Lipinski definition) is 0. The van der Waals surface area contributed by atoms with Crippen LogP contribution >= 0.6 is 0 Å². The minimum atomic E-state index is 0.0645. The molecule has 4 aromatic rings. The Balaban J connectivity index is 1.24. The van der Waals surface area contributed by atoms with Gasteiger partial charge < -0.3 is 9.64 Å². The van der Waals surface area contributed by atoms with Gasteiger partial charge in [-0.3, -0.25) is 14.2 Å². The van der Waals surface area contributed by atoms with Crippen molar-refractivity contribution in [2.45, 2.75) is 25.8 Å². The molecule has 1 saturated heterocycles. The number of benzene rings is 1. The molecule has 4 heterocycles. The fourth-order valence-electron chi connectivity index (χ4n) is 4.38. The third-order valence-corrected chi connectivity index (χ3v) is 6.37. The van der Waals surface area contributed by atoms with Crippen LogP contribution in [-0.2, 0) is 16.6 Å². The van der Waals surface area contributed by atoms with E-state index in [1.54, 1.807) is 4.68 Å². The van der Waals surface area contributed by atoms with E-state index in [0.717, 1.165) is 53.7 Å². The third-order valence-electron chi connectivity index (χ3n) is 6.37. The molecule has 9 heteroatoms. The summed E-state index contributed by atoms with van der Waals surface area (Å²) >= 11 is 0. The van der Waals surface area contributed by atoms with Crippen LogP contribution in [0.4, 0.5) is 0 Å². The molecule has 1 fully saturated rings. The highest BCUT2D eigenvalue weighted by atomic mass is 16.5. The van der Waals surface area contributed by atoms with E-state index in [-0.39, 0.29) is 18.6 Å². The van der Waals surface area contributed by atoms with E-state index in [1.807, 2.05) is 72.9 Å². The third kappa shape index (κ3) is 5.14. The van der Waals surface area contributed by atoms with Crippen LogP contribution < -0.4 is 0 Å². The number of likely N-dealkylation sites (tertiary alicyclic amines) is 1. The van der Waals surface area contributed by atoms with E-state index in [2.05, 4.69) is 32.3 Å². The molecular weight excluding hydrogens is 442 g/mol. The molecule has 0 unspecified atom stereocenters. The Bertz CT molecular complexity index is 1290. The first-order chi connectivity index (χ1) is 17.1. The summed E-state index contributed by atoms with van der Waals surface area (Å²) in [5, 5.41) is 8.84. The maximum Gasteiger partial charge on any atom is 0.248 e. The second kappa shape index (κ2) is 10.2. The fourth-order valence-corrected chi connectivity index (χ4v) is 4.38. The first-order valence-electron chi connectivity index (χ1n) is 11.9. The molecule has 0 aliphatic carbocycles. The molecule has 1 aromatic carbocycles. The predicted octanol–water partition coefficient (Wildman–Crippen LogP) is 3.61. The monoisotopic (exact) mass is 471 g/mol. The number of piperidine rings is 1. The molecule has 3 aromatic heterocycles. The van der Waals surface area contributed by atoms with E-state index in [1.165, 1.54) is 0 Å². The van der Waals surface area contributed by atoms with Gasteiger partial charge in [0.15, 0.2) is 5.82 Å². The van der Waals surface area contributed by atoms with Crippen molar-refractivity contribution in [1.29, 1.82) is 0 Å². The van der Waals surface area contributed by atoms with Gasteiger partial charge in [0.25, 0.3) is 0 Å². The predicted molar refractivity (Wildman–Crippen MR) is 132 cm³/mol. The number of aromatic nitrogens is 6. The van der Waals surface area contributed by atoms with Gasteiger partial charge in [-0.05, 0) is 31.4 Å². The van der Waals surface area contributed by atoms with E-state index >= 15 is 0 Å². The van der Waals surface area contributed by atoms with E-state index in [9.17, 15) is 4.79 Å². The Hall–Kier alpha value is -3.85. The number of rotatable bonds is 7. The van der Waals surface area contributed by atoms with Crippen molar-refractivity contribution < 1.29 is 9.53 Å². The normalized spacial score (nSPS) is 14.4. The topological polar surface area (TPSA) is 91.0 Å². The zero-order valence-corrected chi connectivity index (χ0v) is 20.0. The Morgan fingerprint density at radius 3 is 2.37 bits per heavy atom. The number of ether oxygens (including phenoxy) is 1. The number of aryl methyl sites for hydroxylation is 1.